The summed E-state index contributed by atoms with van der Waals surface area (Å²) in [6.45, 7) is 3.93. The van der Waals surface area contributed by atoms with Gasteiger partial charge in [0.1, 0.15) is 0 Å². The van der Waals surface area contributed by atoms with Crippen molar-refractivity contribution in [2.45, 2.75) is 38.1 Å². The van der Waals surface area contributed by atoms with Crippen LogP contribution in [0.15, 0.2) is 0 Å². The number of piperidine rings is 1. The first kappa shape index (κ1) is 12.8. The molecule has 98 valence electrons. The summed E-state index contributed by atoms with van der Waals surface area (Å²) in [7, 11) is 2.19. The lowest BCUT2D eigenvalue weighted by Crippen LogP contribution is -2.36. The molecule has 1 saturated carbocycles. The fraction of sp³-hybridized carbons (Fsp3) is 0.923. The molecule has 2 N–H and O–H groups in total. The van der Waals surface area contributed by atoms with Crippen LogP contribution in [0.5, 0.6) is 0 Å². The van der Waals surface area contributed by atoms with Crippen molar-refractivity contribution < 1.29 is 4.79 Å². The fourth-order valence-electron chi connectivity index (χ4n) is 2.37. The molecule has 0 aromatic rings. The van der Waals surface area contributed by atoms with Gasteiger partial charge in [-0.15, -0.1) is 0 Å². The van der Waals surface area contributed by atoms with Gasteiger partial charge in [-0.1, -0.05) is 0 Å². The monoisotopic (exact) mass is 239 g/mol. The Morgan fingerprint density at radius 2 is 1.94 bits per heavy atom. The Kier molecular flexibility index (Phi) is 4.80. The van der Waals surface area contributed by atoms with Crippen LogP contribution in [0.2, 0.25) is 0 Å². The van der Waals surface area contributed by atoms with E-state index in [-0.39, 0.29) is 5.91 Å². The van der Waals surface area contributed by atoms with Gasteiger partial charge in [0, 0.05) is 6.04 Å². The Balaban J connectivity index is 1.46. The lowest BCUT2D eigenvalue weighted by Gasteiger charge is -2.28. The van der Waals surface area contributed by atoms with Crippen molar-refractivity contribution in [3.63, 3.8) is 0 Å². The standard InChI is InChI=1S/C13H25N3O/c1-16-8-5-11(6-9-16)4-7-14-10-13(17)15-12-2-3-12/h11-12,14H,2-10H2,1H3,(H,15,17). The quantitative estimate of drug-likeness (QED) is 0.667. The SMILES string of the molecule is CN1CCC(CCNCC(=O)NC2CC2)CC1. The predicted molar refractivity (Wildman–Crippen MR) is 68.9 cm³/mol. The van der Waals surface area contributed by atoms with E-state index in [0.29, 0.717) is 12.6 Å². The summed E-state index contributed by atoms with van der Waals surface area (Å²) >= 11 is 0. The molecule has 1 aliphatic heterocycles. The van der Waals surface area contributed by atoms with Gasteiger partial charge in [0.15, 0.2) is 0 Å². The van der Waals surface area contributed by atoms with Crippen molar-refractivity contribution in [3.05, 3.63) is 0 Å². The Labute approximate surface area is 104 Å². The molecule has 0 radical (unpaired) electrons. The van der Waals surface area contributed by atoms with Gasteiger partial charge < -0.3 is 15.5 Å². The number of nitrogens with one attached hydrogen (secondary N) is 2. The summed E-state index contributed by atoms with van der Waals surface area (Å²) in [5.74, 6) is 1.01. The second kappa shape index (κ2) is 6.36. The number of carbonyl (C=O) groups is 1. The van der Waals surface area contributed by atoms with Gasteiger partial charge in [0.2, 0.25) is 5.91 Å². The third-order valence-electron chi connectivity index (χ3n) is 3.80. The van der Waals surface area contributed by atoms with E-state index in [0.717, 1.165) is 12.5 Å². The largest absolute Gasteiger partial charge is 0.352 e. The summed E-state index contributed by atoms with van der Waals surface area (Å²) in [5, 5.41) is 6.24. The average molecular weight is 239 g/mol. The third kappa shape index (κ3) is 5.04. The number of amides is 1. The van der Waals surface area contributed by atoms with Crippen molar-refractivity contribution in [3.8, 4) is 0 Å². The van der Waals surface area contributed by atoms with Crippen LogP contribution in [0, 0.1) is 5.92 Å². The van der Waals surface area contributed by atoms with Crippen LogP contribution in [0.1, 0.15) is 32.1 Å². The van der Waals surface area contributed by atoms with E-state index in [4.69, 9.17) is 0 Å². The van der Waals surface area contributed by atoms with Crippen LogP contribution in [0.25, 0.3) is 0 Å². The number of hydrogen-bond donors (Lipinski definition) is 2. The lowest BCUT2D eigenvalue weighted by atomic mass is 9.94. The first-order valence-electron chi connectivity index (χ1n) is 6.92. The molecule has 4 nitrogen and oxygen atoms in total. The molecule has 1 amide bonds. The highest BCUT2D eigenvalue weighted by Gasteiger charge is 2.22. The molecule has 1 aliphatic carbocycles. The maximum atomic E-state index is 11.4. The Hall–Kier alpha value is -0.610. The molecule has 2 fully saturated rings. The molecule has 2 aliphatic rings. The van der Waals surface area contributed by atoms with E-state index < -0.39 is 0 Å². The van der Waals surface area contributed by atoms with E-state index in [2.05, 4.69) is 22.6 Å². The van der Waals surface area contributed by atoms with E-state index in [1.165, 1.54) is 45.2 Å². The van der Waals surface area contributed by atoms with Crippen LogP contribution in [-0.4, -0.2) is 50.1 Å². The molecular weight excluding hydrogens is 214 g/mol. The summed E-state index contributed by atoms with van der Waals surface area (Å²) < 4.78 is 0. The van der Waals surface area contributed by atoms with Gasteiger partial charge >= 0.3 is 0 Å². The van der Waals surface area contributed by atoms with Crippen molar-refractivity contribution >= 4 is 5.91 Å². The smallest absolute Gasteiger partial charge is 0.234 e. The highest BCUT2D eigenvalue weighted by atomic mass is 16.2. The molecule has 0 atom stereocenters. The number of carbonyl (C=O) groups excluding carboxylic acids is 1. The molecule has 2 rings (SSSR count). The molecule has 4 heteroatoms. The topological polar surface area (TPSA) is 44.4 Å². The molecule has 1 saturated heterocycles. The van der Waals surface area contributed by atoms with Gasteiger partial charge in [-0.25, -0.2) is 0 Å². The van der Waals surface area contributed by atoms with Crippen molar-refractivity contribution in [2.24, 2.45) is 5.92 Å². The minimum atomic E-state index is 0.163. The maximum Gasteiger partial charge on any atom is 0.234 e. The average Bonchev–Trinajstić information content (AvgIpc) is 3.11. The Morgan fingerprint density at radius 3 is 2.59 bits per heavy atom. The summed E-state index contributed by atoms with van der Waals surface area (Å²) in [6.07, 6.45) is 6.17. The van der Waals surface area contributed by atoms with Gasteiger partial charge in [-0.2, -0.15) is 0 Å². The first-order valence-corrected chi connectivity index (χ1v) is 6.92. The zero-order valence-electron chi connectivity index (χ0n) is 10.9. The Bertz CT molecular complexity index is 245. The summed E-state index contributed by atoms with van der Waals surface area (Å²) in [6, 6.07) is 0.484. The van der Waals surface area contributed by atoms with E-state index in [9.17, 15) is 4.79 Å². The third-order valence-corrected chi connectivity index (χ3v) is 3.80. The number of nitrogens with zero attached hydrogens (tertiary/aromatic N) is 1. The second-order valence-corrected chi connectivity index (χ2v) is 5.55. The normalized spacial score (nSPS) is 22.6. The molecule has 1 heterocycles. The van der Waals surface area contributed by atoms with Gasteiger partial charge in [-0.3, -0.25) is 4.79 Å². The van der Waals surface area contributed by atoms with Crippen molar-refractivity contribution in [2.75, 3.05) is 33.2 Å². The summed E-state index contributed by atoms with van der Waals surface area (Å²) in [4.78, 5) is 13.8. The minimum Gasteiger partial charge on any atom is -0.352 e. The van der Waals surface area contributed by atoms with Crippen LogP contribution < -0.4 is 10.6 Å². The lowest BCUT2D eigenvalue weighted by molar-refractivity contribution is -0.120. The zero-order chi connectivity index (χ0) is 12.1. The fourth-order valence-corrected chi connectivity index (χ4v) is 2.37. The zero-order valence-corrected chi connectivity index (χ0v) is 10.9. The second-order valence-electron chi connectivity index (χ2n) is 5.55. The maximum absolute atomic E-state index is 11.4. The van der Waals surface area contributed by atoms with Crippen molar-refractivity contribution in [1.29, 1.82) is 0 Å². The number of hydrogen-bond acceptors (Lipinski definition) is 3. The first-order chi connectivity index (χ1) is 8.24. The minimum absolute atomic E-state index is 0.163. The highest BCUT2D eigenvalue weighted by molar-refractivity contribution is 5.78. The molecule has 0 aromatic carbocycles. The molecule has 0 unspecified atom stereocenters. The predicted octanol–water partition coefficient (Wildman–Crippen LogP) is 0.587. The molecular formula is C13H25N3O. The Morgan fingerprint density at radius 1 is 1.24 bits per heavy atom. The molecule has 0 bridgehead atoms. The van der Waals surface area contributed by atoms with Crippen LogP contribution in [0.3, 0.4) is 0 Å². The van der Waals surface area contributed by atoms with Gasteiger partial charge in [-0.05, 0) is 64.7 Å². The highest BCUT2D eigenvalue weighted by Crippen LogP contribution is 2.19. The van der Waals surface area contributed by atoms with E-state index >= 15 is 0 Å². The molecule has 0 spiro atoms. The van der Waals surface area contributed by atoms with Gasteiger partial charge in [0.05, 0.1) is 6.54 Å². The molecule has 0 aromatic heterocycles. The molecule has 17 heavy (non-hydrogen) atoms. The van der Waals surface area contributed by atoms with Gasteiger partial charge in [0.25, 0.3) is 0 Å². The van der Waals surface area contributed by atoms with E-state index in [1.54, 1.807) is 0 Å². The number of likely N-dealkylation sites (tertiary alicyclic amines) is 1. The summed E-state index contributed by atoms with van der Waals surface area (Å²) in [5.41, 5.74) is 0. The van der Waals surface area contributed by atoms with Crippen LogP contribution in [-0.2, 0) is 4.79 Å². The van der Waals surface area contributed by atoms with E-state index in [1.807, 2.05) is 0 Å². The van der Waals surface area contributed by atoms with Crippen LogP contribution in [0.4, 0.5) is 0 Å². The van der Waals surface area contributed by atoms with Crippen molar-refractivity contribution in [1.82, 2.24) is 15.5 Å². The number of rotatable bonds is 6. The van der Waals surface area contributed by atoms with Crippen LogP contribution >= 0.6 is 0 Å².